The largest absolute Gasteiger partial charge is 0.416 e. The van der Waals surface area contributed by atoms with E-state index in [0.717, 1.165) is 18.2 Å². The zero-order valence-electron chi connectivity index (χ0n) is 15.9. The highest BCUT2D eigenvalue weighted by Gasteiger charge is 2.31. The van der Waals surface area contributed by atoms with Crippen molar-refractivity contribution in [1.29, 1.82) is 0 Å². The van der Waals surface area contributed by atoms with Crippen molar-refractivity contribution in [2.24, 2.45) is 0 Å². The van der Waals surface area contributed by atoms with Crippen LogP contribution in [0.3, 0.4) is 0 Å². The highest BCUT2D eigenvalue weighted by Crippen LogP contribution is 2.29. The molecule has 3 rings (SSSR count). The maximum Gasteiger partial charge on any atom is 0.416 e. The summed E-state index contributed by atoms with van der Waals surface area (Å²) in [6, 6.07) is 5.61. The lowest BCUT2D eigenvalue weighted by atomic mass is 10.1. The molecule has 10 heteroatoms. The molecule has 0 saturated carbocycles. The summed E-state index contributed by atoms with van der Waals surface area (Å²) in [6.45, 7) is 5.19. The van der Waals surface area contributed by atoms with E-state index in [4.69, 9.17) is 0 Å². The van der Waals surface area contributed by atoms with E-state index in [1.165, 1.54) is 16.8 Å². The van der Waals surface area contributed by atoms with Gasteiger partial charge in [0, 0.05) is 22.9 Å². The fourth-order valence-corrected chi connectivity index (χ4v) is 2.89. The van der Waals surface area contributed by atoms with Gasteiger partial charge in [-0.1, -0.05) is 13.0 Å². The molecule has 1 amide bonds. The van der Waals surface area contributed by atoms with Gasteiger partial charge in [0.25, 0.3) is 11.5 Å². The van der Waals surface area contributed by atoms with Crippen LogP contribution in [0.4, 0.5) is 19.0 Å². The number of carbonyl (C=O) groups is 1. The third-order valence-corrected chi connectivity index (χ3v) is 4.29. The molecule has 2 aromatic heterocycles. The van der Waals surface area contributed by atoms with Crippen molar-refractivity contribution in [3.05, 3.63) is 68.8 Å². The van der Waals surface area contributed by atoms with Crippen molar-refractivity contribution in [1.82, 2.24) is 19.7 Å². The van der Waals surface area contributed by atoms with Crippen LogP contribution < -0.4 is 10.9 Å². The Kier molecular flexibility index (Phi) is 5.27. The molecular formula is C19H18F3N5O2. The summed E-state index contributed by atoms with van der Waals surface area (Å²) >= 11 is 0. The summed E-state index contributed by atoms with van der Waals surface area (Å²) in [5.41, 5.74) is 0.167. The number of H-pyrrole nitrogens is 1. The van der Waals surface area contributed by atoms with Crippen LogP contribution in [0.25, 0.3) is 5.95 Å². The van der Waals surface area contributed by atoms with E-state index in [-0.39, 0.29) is 22.9 Å². The Morgan fingerprint density at radius 3 is 2.59 bits per heavy atom. The number of hydrogen-bond donors (Lipinski definition) is 2. The molecule has 0 aliphatic carbocycles. The summed E-state index contributed by atoms with van der Waals surface area (Å²) in [4.78, 5) is 31.7. The number of nitrogens with zero attached hydrogens (tertiary/aromatic N) is 3. The van der Waals surface area contributed by atoms with Crippen molar-refractivity contribution in [2.75, 3.05) is 5.32 Å². The maximum atomic E-state index is 12.9. The number of aromatic nitrogens is 4. The Bertz CT molecular complexity index is 1130. The van der Waals surface area contributed by atoms with Gasteiger partial charge in [0.1, 0.15) is 5.82 Å². The number of carbonyl (C=O) groups excluding carboxylic acids is 1. The quantitative estimate of drug-likeness (QED) is 0.696. The van der Waals surface area contributed by atoms with Crippen LogP contribution >= 0.6 is 0 Å². The van der Waals surface area contributed by atoms with Gasteiger partial charge in [-0.05, 0) is 38.5 Å². The molecule has 0 fully saturated rings. The summed E-state index contributed by atoms with van der Waals surface area (Å²) in [5, 5.41) is 6.74. The van der Waals surface area contributed by atoms with Crippen molar-refractivity contribution in [2.45, 2.75) is 33.4 Å². The van der Waals surface area contributed by atoms with Gasteiger partial charge in [-0.2, -0.15) is 23.0 Å². The zero-order valence-corrected chi connectivity index (χ0v) is 15.9. The van der Waals surface area contributed by atoms with E-state index in [0.29, 0.717) is 23.4 Å². The molecule has 0 aliphatic rings. The van der Waals surface area contributed by atoms with Crippen molar-refractivity contribution in [3.63, 3.8) is 0 Å². The van der Waals surface area contributed by atoms with Gasteiger partial charge in [0.2, 0.25) is 5.95 Å². The Hall–Kier alpha value is -3.43. The second-order valence-electron chi connectivity index (χ2n) is 6.42. The first kappa shape index (κ1) is 20.3. The number of alkyl halides is 3. The predicted molar refractivity (Wildman–Crippen MR) is 100 cm³/mol. The smallest absolute Gasteiger partial charge is 0.306 e. The van der Waals surface area contributed by atoms with Crippen LogP contribution in [-0.2, 0) is 12.6 Å². The first-order valence-corrected chi connectivity index (χ1v) is 8.75. The fraction of sp³-hybridized carbons (Fsp3) is 0.263. The fourth-order valence-electron chi connectivity index (χ4n) is 2.89. The SMILES string of the molecule is CCc1c(C)nc(-n2nc(C)cc2NC(=O)c2cccc(C(F)(F)F)c2)[nH]c1=O. The maximum absolute atomic E-state index is 12.9. The van der Waals surface area contributed by atoms with Crippen LogP contribution in [0, 0.1) is 13.8 Å². The summed E-state index contributed by atoms with van der Waals surface area (Å²) in [7, 11) is 0. The number of rotatable bonds is 4. The van der Waals surface area contributed by atoms with E-state index in [2.05, 4.69) is 20.4 Å². The topological polar surface area (TPSA) is 92.7 Å². The average molecular weight is 405 g/mol. The number of halogens is 3. The third kappa shape index (κ3) is 4.20. The normalized spacial score (nSPS) is 11.5. The lowest BCUT2D eigenvalue weighted by molar-refractivity contribution is -0.137. The van der Waals surface area contributed by atoms with Crippen LogP contribution in [0.5, 0.6) is 0 Å². The average Bonchev–Trinajstić information content (AvgIpc) is 3.01. The van der Waals surface area contributed by atoms with Crippen LogP contribution in [0.15, 0.2) is 35.1 Å². The van der Waals surface area contributed by atoms with E-state index >= 15 is 0 Å². The zero-order chi connectivity index (χ0) is 21.3. The van der Waals surface area contributed by atoms with Gasteiger partial charge in [-0.15, -0.1) is 0 Å². The minimum absolute atomic E-state index is 0.0946. The van der Waals surface area contributed by atoms with Crippen LogP contribution in [0.1, 0.15) is 39.8 Å². The van der Waals surface area contributed by atoms with Gasteiger partial charge in [-0.25, -0.2) is 4.98 Å². The van der Waals surface area contributed by atoms with E-state index < -0.39 is 17.6 Å². The monoisotopic (exact) mass is 405 g/mol. The Morgan fingerprint density at radius 2 is 1.97 bits per heavy atom. The van der Waals surface area contributed by atoms with Crippen molar-refractivity contribution >= 4 is 11.7 Å². The number of nitrogens with one attached hydrogen (secondary N) is 2. The molecule has 0 atom stereocenters. The van der Waals surface area contributed by atoms with Gasteiger partial charge in [-0.3, -0.25) is 14.6 Å². The molecule has 0 bridgehead atoms. The Balaban J connectivity index is 1.97. The lowest BCUT2D eigenvalue weighted by Crippen LogP contribution is -2.22. The molecule has 0 spiro atoms. The molecule has 0 saturated heterocycles. The second-order valence-corrected chi connectivity index (χ2v) is 6.42. The van der Waals surface area contributed by atoms with E-state index in [9.17, 15) is 22.8 Å². The summed E-state index contributed by atoms with van der Waals surface area (Å²) in [6.07, 6.45) is -4.05. The highest BCUT2D eigenvalue weighted by molar-refractivity contribution is 6.04. The van der Waals surface area contributed by atoms with Gasteiger partial charge in [0.05, 0.1) is 11.3 Å². The second kappa shape index (κ2) is 7.53. The summed E-state index contributed by atoms with van der Waals surface area (Å²) < 4.78 is 39.9. The highest BCUT2D eigenvalue weighted by atomic mass is 19.4. The molecule has 152 valence electrons. The minimum Gasteiger partial charge on any atom is -0.306 e. The molecule has 0 unspecified atom stereocenters. The van der Waals surface area contributed by atoms with Crippen LogP contribution in [0.2, 0.25) is 0 Å². The number of aryl methyl sites for hydroxylation is 2. The molecule has 0 radical (unpaired) electrons. The third-order valence-electron chi connectivity index (χ3n) is 4.29. The number of amides is 1. The van der Waals surface area contributed by atoms with Gasteiger partial charge < -0.3 is 5.32 Å². The van der Waals surface area contributed by atoms with Crippen molar-refractivity contribution in [3.8, 4) is 5.95 Å². The number of hydrogen-bond acceptors (Lipinski definition) is 4. The Labute approximate surface area is 163 Å². The molecule has 2 N–H and O–H groups in total. The molecular weight excluding hydrogens is 387 g/mol. The van der Waals surface area contributed by atoms with Crippen LogP contribution in [-0.4, -0.2) is 25.7 Å². The molecule has 2 heterocycles. The van der Waals surface area contributed by atoms with Gasteiger partial charge >= 0.3 is 6.18 Å². The summed E-state index contributed by atoms with van der Waals surface area (Å²) in [5.74, 6) is -0.490. The number of aromatic amines is 1. The molecule has 3 aromatic rings. The molecule has 0 aliphatic heterocycles. The number of anilines is 1. The predicted octanol–water partition coefficient (Wildman–Crippen LogP) is 3.41. The van der Waals surface area contributed by atoms with E-state index in [1.807, 2.05) is 6.92 Å². The number of benzene rings is 1. The molecule has 1 aromatic carbocycles. The standard InChI is InChI=1S/C19H18F3N5O2/c1-4-14-11(3)23-18(25-17(14)29)27-15(8-10(2)26-27)24-16(28)12-6-5-7-13(9-12)19(20,21)22/h5-9H,4H2,1-3H3,(H,24,28)(H,23,25,29). The first-order valence-electron chi connectivity index (χ1n) is 8.75. The minimum atomic E-state index is -4.56. The van der Waals surface area contributed by atoms with E-state index in [1.54, 1.807) is 13.8 Å². The lowest BCUT2D eigenvalue weighted by Gasteiger charge is -2.11. The first-order chi connectivity index (χ1) is 13.6. The van der Waals surface area contributed by atoms with Crippen molar-refractivity contribution < 1.29 is 18.0 Å². The molecule has 7 nitrogen and oxygen atoms in total. The Morgan fingerprint density at radius 1 is 1.24 bits per heavy atom. The van der Waals surface area contributed by atoms with Gasteiger partial charge in [0.15, 0.2) is 0 Å². The molecule has 29 heavy (non-hydrogen) atoms.